The monoisotopic (exact) mass is 354 g/mol. The number of nitriles is 1. The molecule has 6 heteroatoms. The van der Waals surface area contributed by atoms with Gasteiger partial charge in [0.25, 0.3) is 5.91 Å². The van der Waals surface area contributed by atoms with Crippen LogP contribution in [0.2, 0.25) is 5.02 Å². The lowest BCUT2D eigenvalue weighted by molar-refractivity contribution is -0.112. The minimum absolute atomic E-state index is 0.0373. The zero-order chi connectivity index (χ0) is 18.2. The Balaban J connectivity index is 2.19. The van der Waals surface area contributed by atoms with Crippen LogP contribution in [0, 0.1) is 11.3 Å². The van der Waals surface area contributed by atoms with Crippen molar-refractivity contribution >= 4 is 29.0 Å². The Bertz CT molecular complexity index is 800. The van der Waals surface area contributed by atoms with Crippen molar-refractivity contribution in [3.63, 3.8) is 0 Å². The molecule has 0 radical (unpaired) electrons. The molecule has 1 amide bonds. The summed E-state index contributed by atoms with van der Waals surface area (Å²) >= 11 is 5.78. The third-order valence-corrected chi connectivity index (χ3v) is 3.92. The van der Waals surface area contributed by atoms with E-state index < -0.39 is 5.91 Å². The van der Waals surface area contributed by atoms with Crippen molar-refractivity contribution in [3.05, 3.63) is 64.5 Å². The number of amides is 1. The van der Waals surface area contributed by atoms with Gasteiger partial charge in [0.15, 0.2) is 0 Å². The Morgan fingerprint density at radius 3 is 2.44 bits per heavy atom. The second kappa shape index (κ2) is 8.86. The molecule has 0 saturated carbocycles. The van der Waals surface area contributed by atoms with Gasteiger partial charge in [0.05, 0.1) is 5.02 Å². The summed E-state index contributed by atoms with van der Waals surface area (Å²) in [6.45, 7) is 4.05. The number of pyridine rings is 1. The summed E-state index contributed by atoms with van der Waals surface area (Å²) in [6.07, 6.45) is 4.41. The molecular weight excluding hydrogens is 336 g/mol. The maximum Gasteiger partial charge on any atom is 0.267 e. The summed E-state index contributed by atoms with van der Waals surface area (Å²) in [5.41, 5.74) is 2.82. The minimum atomic E-state index is -0.459. The zero-order valence-corrected chi connectivity index (χ0v) is 14.9. The van der Waals surface area contributed by atoms with E-state index in [0.29, 0.717) is 10.8 Å². The van der Waals surface area contributed by atoms with Gasteiger partial charge in [-0.1, -0.05) is 43.6 Å². The van der Waals surface area contributed by atoms with Crippen LogP contribution in [0.15, 0.2) is 48.3 Å². The smallest absolute Gasteiger partial charge is 0.267 e. The molecule has 2 rings (SSSR count). The first-order chi connectivity index (χ1) is 12.1. The Kier molecular flexibility index (Phi) is 6.55. The first-order valence-electron chi connectivity index (χ1n) is 7.99. The van der Waals surface area contributed by atoms with Crippen LogP contribution in [0.3, 0.4) is 0 Å². The molecule has 2 N–H and O–H groups in total. The number of aromatic nitrogens is 1. The highest BCUT2D eigenvalue weighted by molar-refractivity contribution is 6.30. The van der Waals surface area contributed by atoms with Crippen LogP contribution >= 0.6 is 11.6 Å². The fourth-order valence-corrected chi connectivity index (χ4v) is 2.45. The number of nitrogens with one attached hydrogen (secondary N) is 2. The molecule has 0 aliphatic heterocycles. The number of hydrogen-bond donors (Lipinski definition) is 2. The van der Waals surface area contributed by atoms with Crippen LogP contribution in [-0.2, 0) is 17.6 Å². The van der Waals surface area contributed by atoms with E-state index in [9.17, 15) is 10.1 Å². The average molecular weight is 355 g/mol. The predicted molar refractivity (Wildman–Crippen MR) is 100 cm³/mol. The molecule has 0 aliphatic carbocycles. The van der Waals surface area contributed by atoms with Crippen LogP contribution in [0.4, 0.5) is 11.5 Å². The molecule has 0 spiro atoms. The molecule has 1 aromatic heterocycles. The number of hydrogen-bond acceptors (Lipinski definition) is 4. The van der Waals surface area contributed by atoms with Gasteiger partial charge in [0.2, 0.25) is 0 Å². The topological polar surface area (TPSA) is 77.8 Å². The molecule has 0 saturated heterocycles. The zero-order valence-electron chi connectivity index (χ0n) is 14.1. The van der Waals surface area contributed by atoms with E-state index >= 15 is 0 Å². The number of para-hydroxylation sites is 1. The highest BCUT2D eigenvalue weighted by Gasteiger charge is 2.14. The van der Waals surface area contributed by atoms with Crippen molar-refractivity contribution in [2.24, 2.45) is 0 Å². The summed E-state index contributed by atoms with van der Waals surface area (Å²) in [6, 6.07) is 11.2. The highest BCUT2D eigenvalue weighted by atomic mass is 35.5. The molecule has 0 fully saturated rings. The number of rotatable bonds is 6. The largest absolute Gasteiger partial charge is 0.345 e. The van der Waals surface area contributed by atoms with E-state index in [2.05, 4.69) is 15.6 Å². The molecular formula is C19H19ClN4O. The number of benzene rings is 1. The van der Waals surface area contributed by atoms with Gasteiger partial charge in [-0.3, -0.25) is 4.79 Å². The predicted octanol–water partition coefficient (Wildman–Crippen LogP) is 4.32. The van der Waals surface area contributed by atoms with Crippen LogP contribution < -0.4 is 10.6 Å². The van der Waals surface area contributed by atoms with Crippen LogP contribution in [0.5, 0.6) is 0 Å². The van der Waals surface area contributed by atoms with Crippen molar-refractivity contribution in [1.29, 1.82) is 5.26 Å². The highest BCUT2D eigenvalue weighted by Crippen LogP contribution is 2.23. The molecule has 128 valence electrons. The number of nitrogens with zero attached hydrogens (tertiary/aromatic N) is 2. The Hall–Kier alpha value is -2.84. The molecule has 25 heavy (non-hydrogen) atoms. The first-order valence-corrected chi connectivity index (χ1v) is 8.37. The Morgan fingerprint density at radius 1 is 1.24 bits per heavy atom. The lowest BCUT2D eigenvalue weighted by Crippen LogP contribution is -2.17. The van der Waals surface area contributed by atoms with E-state index in [0.717, 1.165) is 29.7 Å². The minimum Gasteiger partial charge on any atom is -0.345 e. The van der Waals surface area contributed by atoms with Crippen molar-refractivity contribution in [2.75, 3.05) is 10.6 Å². The molecule has 5 nitrogen and oxygen atoms in total. The van der Waals surface area contributed by atoms with Crippen molar-refractivity contribution in [2.45, 2.75) is 26.7 Å². The maximum atomic E-state index is 12.5. The fourth-order valence-electron chi connectivity index (χ4n) is 2.34. The van der Waals surface area contributed by atoms with Crippen molar-refractivity contribution in [1.82, 2.24) is 4.98 Å². The number of aryl methyl sites for hydroxylation is 2. The van der Waals surface area contributed by atoms with Gasteiger partial charge in [-0.15, -0.1) is 0 Å². The molecule has 2 aromatic rings. The molecule has 1 aromatic carbocycles. The van der Waals surface area contributed by atoms with Crippen molar-refractivity contribution in [3.8, 4) is 6.07 Å². The van der Waals surface area contributed by atoms with Gasteiger partial charge in [-0.05, 0) is 36.1 Å². The lowest BCUT2D eigenvalue weighted by Gasteiger charge is -2.14. The Labute approximate surface area is 152 Å². The van der Waals surface area contributed by atoms with Gasteiger partial charge < -0.3 is 10.6 Å². The fraction of sp³-hybridized carbons (Fsp3) is 0.211. The summed E-state index contributed by atoms with van der Waals surface area (Å²) in [5, 5.41) is 15.5. The van der Waals surface area contributed by atoms with Crippen LogP contribution in [0.25, 0.3) is 0 Å². The summed E-state index contributed by atoms with van der Waals surface area (Å²) in [4.78, 5) is 16.5. The van der Waals surface area contributed by atoms with Gasteiger partial charge >= 0.3 is 0 Å². The molecule has 1 heterocycles. The van der Waals surface area contributed by atoms with Crippen molar-refractivity contribution < 1.29 is 4.79 Å². The normalized spacial score (nSPS) is 10.9. The van der Waals surface area contributed by atoms with E-state index in [1.54, 1.807) is 12.1 Å². The van der Waals surface area contributed by atoms with Gasteiger partial charge in [0, 0.05) is 18.1 Å². The third-order valence-electron chi connectivity index (χ3n) is 3.69. The van der Waals surface area contributed by atoms with Crippen LogP contribution in [-0.4, -0.2) is 10.9 Å². The summed E-state index contributed by atoms with van der Waals surface area (Å²) in [5.74, 6) is 0.0349. The van der Waals surface area contributed by atoms with Gasteiger partial charge in [0.1, 0.15) is 17.5 Å². The second-order valence-electron chi connectivity index (χ2n) is 5.29. The average Bonchev–Trinajstić information content (AvgIpc) is 2.63. The first kappa shape index (κ1) is 18.5. The molecule has 0 aliphatic rings. The quantitative estimate of drug-likeness (QED) is 0.598. The van der Waals surface area contributed by atoms with Gasteiger partial charge in [-0.25, -0.2) is 4.98 Å². The molecule has 0 atom stereocenters. The van der Waals surface area contributed by atoms with E-state index in [1.807, 2.05) is 38.1 Å². The number of carbonyl (C=O) groups is 1. The summed E-state index contributed by atoms with van der Waals surface area (Å²) in [7, 11) is 0. The lowest BCUT2D eigenvalue weighted by atomic mass is 10.0. The second-order valence-corrected chi connectivity index (χ2v) is 5.72. The molecule has 0 unspecified atom stereocenters. The standard InChI is InChI=1S/C19H19ClN4O/c1-3-13-6-5-7-14(4-2)18(13)24-19(25)15(10-21)11-22-17-9-8-16(20)12-23-17/h5-9,11-12H,3-4H2,1-2H3,(H,22,23)(H,24,25)/b15-11-. The Morgan fingerprint density at radius 2 is 1.92 bits per heavy atom. The molecule has 0 bridgehead atoms. The van der Waals surface area contributed by atoms with E-state index in [4.69, 9.17) is 11.6 Å². The van der Waals surface area contributed by atoms with Crippen LogP contribution in [0.1, 0.15) is 25.0 Å². The summed E-state index contributed by atoms with van der Waals surface area (Å²) < 4.78 is 0. The van der Waals surface area contributed by atoms with E-state index in [1.165, 1.54) is 12.4 Å². The van der Waals surface area contributed by atoms with Gasteiger partial charge in [-0.2, -0.15) is 5.26 Å². The number of anilines is 2. The number of carbonyl (C=O) groups excluding carboxylic acids is 1. The number of halogens is 1. The third kappa shape index (κ3) is 4.82. The SMILES string of the molecule is CCc1cccc(CC)c1NC(=O)/C(C#N)=C\Nc1ccc(Cl)cn1. The maximum absolute atomic E-state index is 12.5. The van der Waals surface area contributed by atoms with E-state index in [-0.39, 0.29) is 5.57 Å².